The number of thiophene rings is 1. The average molecular weight is 374 g/mol. The molecule has 25 heavy (non-hydrogen) atoms. The zero-order chi connectivity index (χ0) is 17.6. The Morgan fingerprint density at radius 1 is 1.48 bits per heavy atom. The third-order valence-electron chi connectivity index (χ3n) is 4.54. The second-order valence-electron chi connectivity index (χ2n) is 6.34. The molecule has 130 valence electrons. The Labute approximate surface area is 153 Å². The van der Waals surface area contributed by atoms with Crippen LogP contribution < -0.4 is 5.56 Å². The summed E-state index contributed by atoms with van der Waals surface area (Å²) in [6, 6.07) is 0. The number of aromatic nitrogens is 3. The maximum Gasteiger partial charge on any atom is 0.263 e. The molecule has 0 saturated heterocycles. The molecule has 4 rings (SSSR count). The molecule has 0 N–H and O–H groups in total. The van der Waals surface area contributed by atoms with Gasteiger partial charge in [-0.1, -0.05) is 23.0 Å². The summed E-state index contributed by atoms with van der Waals surface area (Å²) in [6.45, 7) is 8.10. The van der Waals surface area contributed by atoms with E-state index in [0.29, 0.717) is 18.2 Å². The van der Waals surface area contributed by atoms with Gasteiger partial charge in [0, 0.05) is 17.9 Å². The first kappa shape index (κ1) is 16.6. The summed E-state index contributed by atoms with van der Waals surface area (Å²) in [5.41, 5.74) is 3.18. The van der Waals surface area contributed by atoms with E-state index in [9.17, 15) is 4.79 Å². The lowest BCUT2D eigenvalue weighted by atomic mass is 10.1. The Morgan fingerprint density at radius 3 is 2.92 bits per heavy atom. The van der Waals surface area contributed by atoms with Gasteiger partial charge in [0.1, 0.15) is 10.6 Å². The van der Waals surface area contributed by atoms with E-state index in [1.54, 1.807) is 33.7 Å². The van der Waals surface area contributed by atoms with Crippen LogP contribution in [0.25, 0.3) is 10.2 Å². The topological polar surface area (TPSA) is 60.9 Å². The van der Waals surface area contributed by atoms with Crippen LogP contribution in [0.4, 0.5) is 0 Å². The Morgan fingerprint density at radius 2 is 2.28 bits per heavy atom. The Balaban J connectivity index is 1.76. The molecule has 7 heteroatoms. The second kappa shape index (κ2) is 6.46. The molecule has 1 aliphatic rings. The highest BCUT2D eigenvalue weighted by atomic mass is 32.2. The van der Waals surface area contributed by atoms with E-state index in [-0.39, 0.29) is 5.56 Å². The van der Waals surface area contributed by atoms with Gasteiger partial charge in [-0.25, -0.2) is 4.98 Å². The van der Waals surface area contributed by atoms with Crippen LogP contribution in [0.3, 0.4) is 0 Å². The SMILES string of the molecule is C=CCn1c(SCc2c(C)noc2C)nc2scc(C3CC3)c2c1=O. The van der Waals surface area contributed by atoms with Crippen molar-refractivity contribution < 1.29 is 4.52 Å². The Kier molecular flexibility index (Phi) is 4.29. The van der Waals surface area contributed by atoms with Gasteiger partial charge in [-0.3, -0.25) is 9.36 Å². The second-order valence-corrected chi connectivity index (χ2v) is 8.14. The van der Waals surface area contributed by atoms with Crippen LogP contribution in [0.15, 0.2) is 32.5 Å². The van der Waals surface area contributed by atoms with Gasteiger partial charge in [0.2, 0.25) is 0 Å². The monoisotopic (exact) mass is 373 g/mol. The van der Waals surface area contributed by atoms with Crippen molar-refractivity contribution in [2.45, 2.75) is 50.1 Å². The molecule has 1 saturated carbocycles. The first-order valence-electron chi connectivity index (χ1n) is 8.27. The van der Waals surface area contributed by atoms with Crippen molar-refractivity contribution in [3.8, 4) is 0 Å². The van der Waals surface area contributed by atoms with Gasteiger partial charge < -0.3 is 4.52 Å². The van der Waals surface area contributed by atoms with Crippen molar-refractivity contribution >= 4 is 33.3 Å². The quantitative estimate of drug-likeness (QED) is 0.364. The molecule has 0 aromatic carbocycles. The zero-order valence-electron chi connectivity index (χ0n) is 14.2. The van der Waals surface area contributed by atoms with Crippen LogP contribution in [0, 0.1) is 13.8 Å². The smallest absolute Gasteiger partial charge is 0.263 e. The molecular formula is C18H19N3O2S2. The molecule has 1 aliphatic carbocycles. The van der Waals surface area contributed by atoms with E-state index in [1.807, 2.05) is 13.8 Å². The summed E-state index contributed by atoms with van der Waals surface area (Å²) in [6.07, 6.45) is 4.10. The molecule has 3 heterocycles. The van der Waals surface area contributed by atoms with E-state index >= 15 is 0 Å². The molecule has 1 fully saturated rings. The predicted octanol–water partition coefficient (Wildman–Crippen LogP) is 4.42. The van der Waals surface area contributed by atoms with Crippen LogP contribution in [0.1, 0.15) is 41.3 Å². The number of allylic oxidation sites excluding steroid dienone is 1. The van der Waals surface area contributed by atoms with Crippen LogP contribution in [-0.2, 0) is 12.3 Å². The standard InChI is InChI=1S/C18H19N3O2S2/c1-4-7-21-17(22)15-14(12-5-6-12)9-24-16(15)19-18(21)25-8-13-10(2)20-23-11(13)3/h4,9,12H,1,5-8H2,2-3H3. The van der Waals surface area contributed by atoms with Crippen molar-refractivity contribution in [1.82, 2.24) is 14.7 Å². The molecule has 0 atom stereocenters. The molecule has 0 bridgehead atoms. The van der Waals surface area contributed by atoms with E-state index < -0.39 is 0 Å². The molecule has 0 spiro atoms. The van der Waals surface area contributed by atoms with E-state index in [2.05, 4.69) is 17.1 Å². The van der Waals surface area contributed by atoms with Gasteiger partial charge in [-0.2, -0.15) is 0 Å². The Hall–Kier alpha value is -1.86. The van der Waals surface area contributed by atoms with Gasteiger partial charge in [-0.05, 0) is 43.6 Å². The maximum absolute atomic E-state index is 13.1. The highest BCUT2D eigenvalue weighted by Gasteiger charge is 2.28. The molecular weight excluding hydrogens is 354 g/mol. The molecule has 0 aliphatic heterocycles. The minimum absolute atomic E-state index is 0.0503. The van der Waals surface area contributed by atoms with Crippen molar-refractivity contribution in [1.29, 1.82) is 0 Å². The van der Waals surface area contributed by atoms with Crippen LogP contribution >= 0.6 is 23.1 Å². The molecule has 5 nitrogen and oxygen atoms in total. The molecule has 0 radical (unpaired) electrons. The first-order valence-corrected chi connectivity index (χ1v) is 10.1. The average Bonchev–Trinajstić information content (AvgIpc) is 3.27. The predicted molar refractivity (Wildman–Crippen MR) is 102 cm³/mol. The van der Waals surface area contributed by atoms with Gasteiger partial charge in [0.05, 0.1) is 11.1 Å². The normalized spacial score (nSPS) is 14.3. The maximum atomic E-state index is 13.1. The lowest BCUT2D eigenvalue weighted by Gasteiger charge is -2.10. The lowest BCUT2D eigenvalue weighted by molar-refractivity contribution is 0.392. The van der Waals surface area contributed by atoms with E-state index in [4.69, 9.17) is 9.51 Å². The first-order chi connectivity index (χ1) is 12.1. The zero-order valence-corrected chi connectivity index (χ0v) is 15.9. The van der Waals surface area contributed by atoms with Crippen LogP contribution in [0.2, 0.25) is 0 Å². The van der Waals surface area contributed by atoms with Gasteiger partial charge >= 0.3 is 0 Å². The summed E-state index contributed by atoms with van der Waals surface area (Å²) < 4.78 is 6.96. The highest BCUT2D eigenvalue weighted by molar-refractivity contribution is 7.98. The van der Waals surface area contributed by atoms with E-state index in [0.717, 1.165) is 32.4 Å². The molecule has 3 aromatic heterocycles. The Bertz CT molecular complexity index is 992. The van der Waals surface area contributed by atoms with Crippen molar-refractivity contribution in [3.05, 3.63) is 51.0 Å². The molecule has 3 aromatic rings. The minimum atomic E-state index is 0.0503. The highest BCUT2D eigenvalue weighted by Crippen LogP contribution is 2.44. The molecule has 0 unspecified atom stereocenters. The summed E-state index contributed by atoms with van der Waals surface area (Å²) in [7, 11) is 0. The van der Waals surface area contributed by atoms with Crippen molar-refractivity contribution in [3.63, 3.8) is 0 Å². The fraction of sp³-hybridized carbons (Fsp3) is 0.389. The number of fused-ring (bicyclic) bond motifs is 1. The largest absolute Gasteiger partial charge is 0.361 e. The van der Waals surface area contributed by atoms with Crippen LogP contribution in [0.5, 0.6) is 0 Å². The number of aryl methyl sites for hydroxylation is 2. The minimum Gasteiger partial charge on any atom is -0.361 e. The van der Waals surface area contributed by atoms with Crippen molar-refractivity contribution in [2.75, 3.05) is 0 Å². The number of thioether (sulfide) groups is 1. The number of rotatable bonds is 6. The van der Waals surface area contributed by atoms with Gasteiger partial charge in [0.15, 0.2) is 5.16 Å². The van der Waals surface area contributed by atoms with Crippen LogP contribution in [-0.4, -0.2) is 14.7 Å². The fourth-order valence-corrected chi connectivity index (χ4v) is 5.19. The van der Waals surface area contributed by atoms with Crippen molar-refractivity contribution in [2.24, 2.45) is 0 Å². The lowest BCUT2D eigenvalue weighted by Crippen LogP contribution is -2.22. The third-order valence-corrected chi connectivity index (χ3v) is 6.44. The fourth-order valence-electron chi connectivity index (χ4n) is 2.97. The third kappa shape index (κ3) is 2.95. The summed E-state index contributed by atoms with van der Waals surface area (Å²) in [5, 5.41) is 7.63. The van der Waals surface area contributed by atoms with Gasteiger partial charge in [0.25, 0.3) is 5.56 Å². The van der Waals surface area contributed by atoms with Gasteiger partial charge in [-0.15, -0.1) is 17.9 Å². The summed E-state index contributed by atoms with van der Waals surface area (Å²) >= 11 is 3.12. The van der Waals surface area contributed by atoms with E-state index in [1.165, 1.54) is 18.4 Å². The number of hydrogen-bond acceptors (Lipinski definition) is 6. The summed E-state index contributed by atoms with van der Waals surface area (Å²) in [5.74, 6) is 2.04. The summed E-state index contributed by atoms with van der Waals surface area (Å²) in [4.78, 5) is 18.7. The number of hydrogen-bond donors (Lipinski definition) is 0. The number of nitrogens with zero attached hydrogens (tertiary/aromatic N) is 3. The molecule has 0 amide bonds.